The fourth-order valence-electron chi connectivity index (χ4n) is 2.56. The standard InChI is InChI=1S/C16H30O5Si/c1-15(2,3)22(5,6)21-13-7-9-16(10-8-13,14(18)19-4)20-12-11-17/h11,13H,7-10,12H2,1-6H3. The van der Waals surface area contributed by atoms with E-state index in [9.17, 15) is 9.59 Å². The average Bonchev–Trinajstić information content (AvgIpc) is 2.44. The van der Waals surface area contributed by atoms with Crippen LogP contribution in [0.1, 0.15) is 46.5 Å². The van der Waals surface area contributed by atoms with Crippen LogP contribution in [0.25, 0.3) is 0 Å². The van der Waals surface area contributed by atoms with Crippen LogP contribution in [-0.2, 0) is 23.5 Å². The summed E-state index contributed by atoms with van der Waals surface area (Å²) >= 11 is 0. The van der Waals surface area contributed by atoms with Gasteiger partial charge in [-0.2, -0.15) is 0 Å². The van der Waals surface area contributed by atoms with Crippen LogP contribution in [0.4, 0.5) is 0 Å². The number of hydrogen-bond acceptors (Lipinski definition) is 5. The second kappa shape index (κ2) is 7.23. The number of methoxy groups -OCH3 is 1. The smallest absolute Gasteiger partial charge is 0.338 e. The number of aldehydes is 1. The van der Waals surface area contributed by atoms with Crippen molar-refractivity contribution >= 4 is 20.6 Å². The van der Waals surface area contributed by atoms with Gasteiger partial charge in [0, 0.05) is 6.10 Å². The maximum atomic E-state index is 12.1. The van der Waals surface area contributed by atoms with Crippen molar-refractivity contribution in [2.45, 2.75) is 76.3 Å². The molecule has 1 saturated carbocycles. The van der Waals surface area contributed by atoms with Crippen molar-refractivity contribution in [2.75, 3.05) is 13.7 Å². The predicted molar refractivity (Wildman–Crippen MR) is 87.3 cm³/mol. The normalized spacial score (nSPS) is 26.5. The van der Waals surface area contributed by atoms with Gasteiger partial charge in [-0.05, 0) is 43.8 Å². The molecular formula is C16H30O5Si. The molecule has 0 unspecified atom stereocenters. The summed E-state index contributed by atoms with van der Waals surface area (Å²) in [5, 5.41) is 0.165. The summed E-state index contributed by atoms with van der Waals surface area (Å²) in [6.07, 6.45) is 3.39. The van der Waals surface area contributed by atoms with Crippen LogP contribution < -0.4 is 0 Å². The van der Waals surface area contributed by atoms with Gasteiger partial charge in [0.05, 0.1) is 7.11 Å². The molecule has 128 valence electrons. The molecule has 0 bridgehead atoms. The molecule has 0 amide bonds. The molecule has 22 heavy (non-hydrogen) atoms. The van der Waals surface area contributed by atoms with Gasteiger partial charge in [0.25, 0.3) is 0 Å². The molecule has 0 aromatic rings. The molecule has 0 atom stereocenters. The third-order valence-corrected chi connectivity index (χ3v) is 9.53. The Morgan fingerprint density at radius 3 is 2.23 bits per heavy atom. The van der Waals surface area contributed by atoms with E-state index in [2.05, 4.69) is 33.9 Å². The molecule has 1 aliphatic carbocycles. The van der Waals surface area contributed by atoms with Crippen LogP contribution in [0, 0.1) is 0 Å². The minimum atomic E-state index is -1.81. The van der Waals surface area contributed by atoms with Crippen LogP contribution in [0.2, 0.25) is 18.1 Å². The van der Waals surface area contributed by atoms with Gasteiger partial charge in [-0.1, -0.05) is 20.8 Å². The number of hydrogen-bond donors (Lipinski definition) is 0. The predicted octanol–water partition coefficient (Wildman–Crippen LogP) is 3.08. The van der Waals surface area contributed by atoms with Gasteiger partial charge >= 0.3 is 5.97 Å². The van der Waals surface area contributed by atoms with Crippen molar-refractivity contribution in [1.29, 1.82) is 0 Å². The highest BCUT2D eigenvalue weighted by Crippen LogP contribution is 2.41. The number of esters is 1. The zero-order valence-corrected chi connectivity index (χ0v) is 15.7. The molecule has 0 radical (unpaired) electrons. The first kappa shape index (κ1) is 19.3. The highest BCUT2D eigenvalue weighted by Gasteiger charge is 2.46. The third kappa shape index (κ3) is 4.40. The van der Waals surface area contributed by atoms with E-state index in [1.54, 1.807) is 0 Å². The fourth-order valence-corrected chi connectivity index (χ4v) is 3.98. The number of ether oxygens (including phenoxy) is 2. The number of carbonyl (C=O) groups is 2. The van der Waals surface area contributed by atoms with E-state index in [0.29, 0.717) is 19.1 Å². The Bertz CT molecular complexity index is 392. The summed E-state index contributed by atoms with van der Waals surface area (Å²) in [5.74, 6) is -0.389. The zero-order chi connectivity index (χ0) is 17.0. The van der Waals surface area contributed by atoms with E-state index in [1.165, 1.54) is 7.11 Å². The van der Waals surface area contributed by atoms with Crippen LogP contribution in [0.5, 0.6) is 0 Å². The lowest BCUT2D eigenvalue weighted by Crippen LogP contribution is -2.50. The Hall–Kier alpha value is -0.723. The fraction of sp³-hybridized carbons (Fsp3) is 0.875. The monoisotopic (exact) mass is 330 g/mol. The van der Waals surface area contributed by atoms with Gasteiger partial charge < -0.3 is 18.7 Å². The lowest BCUT2D eigenvalue weighted by Gasteiger charge is -2.43. The van der Waals surface area contributed by atoms with Crippen molar-refractivity contribution in [3.05, 3.63) is 0 Å². The van der Waals surface area contributed by atoms with E-state index in [0.717, 1.165) is 12.8 Å². The Labute approximate surface area is 134 Å². The highest BCUT2D eigenvalue weighted by molar-refractivity contribution is 6.74. The van der Waals surface area contributed by atoms with E-state index in [1.807, 2.05) is 0 Å². The Morgan fingerprint density at radius 1 is 1.27 bits per heavy atom. The Kier molecular flexibility index (Phi) is 6.35. The first-order valence-electron chi connectivity index (χ1n) is 7.92. The Morgan fingerprint density at radius 2 is 1.82 bits per heavy atom. The molecule has 0 aromatic carbocycles. The summed E-state index contributed by atoms with van der Waals surface area (Å²) in [5.41, 5.74) is -0.983. The zero-order valence-electron chi connectivity index (χ0n) is 14.7. The van der Waals surface area contributed by atoms with Crippen molar-refractivity contribution < 1.29 is 23.5 Å². The molecule has 0 heterocycles. The molecule has 0 N–H and O–H groups in total. The third-order valence-electron chi connectivity index (χ3n) is 4.99. The minimum absolute atomic E-state index is 0.0805. The lowest BCUT2D eigenvalue weighted by molar-refractivity contribution is -0.176. The van der Waals surface area contributed by atoms with E-state index >= 15 is 0 Å². The molecule has 0 aliphatic heterocycles. The molecule has 5 nitrogen and oxygen atoms in total. The topological polar surface area (TPSA) is 61.8 Å². The van der Waals surface area contributed by atoms with Gasteiger partial charge in [-0.3, -0.25) is 0 Å². The summed E-state index contributed by atoms with van der Waals surface area (Å²) in [6, 6.07) is 0. The van der Waals surface area contributed by atoms with Gasteiger partial charge in [0.15, 0.2) is 13.9 Å². The number of rotatable bonds is 6. The average molecular weight is 330 g/mol. The van der Waals surface area contributed by atoms with Gasteiger partial charge in [-0.25, -0.2) is 4.79 Å². The molecule has 6 heteroatoms. The second-order valence-corrected chi connectivity index (χ2v) is 12.3. The van der Waals surface area contributed by atoms with Crippen LogP contribution in [0.15, 0.2) is 0 Å². The summed E-state index contributed by atoms with van der Waals surface area (Å²) in [4.78, 5) is 22.6. The van der Waals surface area contributed by atoms with Gasteiger partial charge in [0.2, 0.25) is 0 Å². The van der Waals surface area contributed by atoms with E-state index in [-0.39, 0.29) is 23.7 Å². The molecule has 1 aliphatic rings. The van der Waals surface area contributed by atoms with E-state index < -0.39 is 13.9 Å². The minimum Gasteiger partial charge on any atom is -0.467 e. The summed E-state index contributed by atoms with van der Waals surface area (Å²) < 4.78 is 16.8. The van der Waals surface area contributed by atoms with Gasteiger partial charge in [0.1, 0.15) is 12.9 Å². The number of carbonyl (C=O) groups excluding carboxylic acids is 2. The largest absolute Gasteiger partial charge is 0.467 e. The second-order valence-electron chi connectivity index (χ2n) is 7.54. The molecule has 0 spiro atoms. The molecule has 1 fully saturated rings. The quantitative estimate of drug-likeness (QED) is 0.425. The summed E-state index contributed by atoms with van der Waals surface area (Å²) in [7, 11) is -0.459. The first-order chi connectivity index (χ1) is 10.1. The molecule has 0 aromatic heterocycles. The van der Waals surface area contributed by atoms with Crippen molar-refractivity contribution in [1.82, 2.24) is 0 Å². The summed E-state index contributed by atoms with van der Waals surface area (Å²) in [6.45, 7) is 11.0. The van der Waals surface area contributed by atoms with Crippen LogP contribution in [0.3, 0.4) is 0 Å². The van der Waals surface area contributed by atoms with Gasteiger partial charge in [-0.15, -0.1) is 0 Å². The first-order valence-corrected chi connectivity index (χ1v) is 10.8. The Balaban J connectivity index is 2.70. The maximum Gasteiger partial charge on any atom is 0.338 e. The SMILES string of the molecule is COC(=O)C1(OCC=O)CCC(O[Si](C)(C)C(C)(C)C)CC1. The molecule has 0 saturated heterocycles. The highest BCUT2D eigenvalue weighted by atomic mass is 28.4. The lowest BCUT2D eigenvalue weighted by atomic mass is 9.83. The van der Waals surface area contributed by atoms with Crippen molar-refractivity contribution in [3.8, 4) is 0 Å². The molecular weight excluding hydrogens is 300 g/mol. The van der Waals surface area contributed by atoms with Crippen molar-refractivity contribution in [2.24, 2.45) is 0 Å². The van der Waals surface area contributed by atoms with E-state index in [4.69, 9.17) is 13.9 Å². The maximum absolute atomic E-state index is 12.1. The van der Waals surface area contributed by atoms with Crippen LogP contribution >= 0.6 is 0 Å². The van der Waals surface area contributed by atoms with Crippen molar-refractivity contribution in [3.63, 3.8) is 0 Å². The molecule has 1 rings (SSSR count). The van der Waals surface area contributed by atoms with Crippen LogP contribution in [-0.4, -0.2) is 46.0 Å².